The molecule has 0 radical (unpaired) electrons. The summed E-state index contributed by atoms with van der Waals surface area (Å²) in [6.07, 6.45) is 14.3. The molecule has 1 aromatic heterocycles. The van der Waals surface area contributed by atoms with E-state index >= 15 is 4.79 Å². The fourth-order valence-corrected chi connectivity index (χ4v) is 14.6. The predicted molar refractivity (Wildman–Crippen MR) is 215 cm³/mol. The molecule has 5 nitrogen and oxygen atoms in total. The normalized spacial score (nSPS) is 38.6. The van der Waals surface area contributed by atoms with Crippen molar-refractivity contribution in [3.63, 3.8) is 0 Å². The monoisotopic (exact) mass is 739 g/mol. The van der Waals surface area contributed by atoms with Crippen LogP contribution >= 0.6 is 11.3 Å². The lowest BCUT2D eigenvalue weighted by Crippen LogP contribution is -2.67. The molecule has 2 heterocycles. The Bertz CT molecular complexity index is 2110. The number of hydrogen-bond acceptors (Lipinski definition) is 6. The van der Waals surface area contributed by atoms with Crippen molar-refractivity contribution < 1.29 is 20.1 Å². The Morgan fingerprint density at radius 3 is 2.20 bits per heavy atom. The summed E-state index contributed by atoms with van der Waals surface area (Å²) in [6.45, 7) is 6.10. The lowest BCUT2D eigenvalue weighted by molar-refractivity contribution is -0.178. The highest BCUT2D eigenvalue weighted by Gasteiger charge is 2.74. The first-order valence-corrected chi connectivity index (χ1v) is 21.2. The Kier molecular flexibility index (Phi) is 7.83. The molecule has 6 aliphatic carbocycles. The van der Waals surface area contributed by atoms with Crippen LogP contribution in [0.3, 0.4) is 0 Å². The Morgan fingerprint density at radius 1 is 0.833 bits per heavy atom. The maximum atomic E-state index is 15.2. The number of aliphatic hydroxyl groups is 3. The molecule has 9 unspecified atom stereocenters. The second-order valence-electron chi connectivity index (χ2n) is 18.4. The van der Waals surface area contributed by atoms with Gasteiger partial charge in [-0.25, -0.2) is 0 Å². The molecule has 3 aromatic carbocycles. The minimum Gasteiger partial charge on any atom is -0.393 e. The van der Waals surface area contributed by atoms with Gasteiger partial charge in [0.15, 0.2) is 5.78 Å². The molecule has 11 rings (SSSR count). The second kappa shape index (κ2) is 12.1. The van der Waals surface area contributed by atoms with E-state index in [-0.39, 0.29) is 40.6 Å². The van der Waals surface area contributed by atoms with E-state index in [9.17, 15) is 15.3 Å². The Balaban J connectivity index is 1.05. The summed E-state index contributed by atoms with van der Waals surface area (Å²) >= 11 is 1.59. The van der Waals surface area contributed by atoms with Crippen molar-refractivity contribution in [3.05, 3.63) is 131 Å². The quantitative estimate of drug-likeness (QED) is 0.130. The van der Waals surface area contributed by atoms with Gasteiger partial charge in [0.25, 0.3) is 0 Å². The highest BCUT2D eigenvalue weighted by molar-refractivity contribution is 7.21. The molecule has 4 fully saturated rings. The van der Waals surface area contributed by atoms with Crippen LogP contribution in [0.2, 0.25) is 0 Å². The SMILES string of the molecule is CC12CCC(O)CC13C=CC1(C(C(=O)c4cc5ccccc5s4)=C3)C2CCC2(C)C1CCC2(O)CN1CCCC1C(O)(c1ccccc1)c1ccccc1. The van der Waals surface area contributed by atoms with Crippen LogP contribution in [-0.4, -0.2) is 56.8 Å². The topological polar surface area (TPSA) is 81.0 Å². The van der Waals surface area contributed by atoms with E-state index in [1.807, 2.05) is 72.8 Å². The third-order valence-corrected chi connectivity index (χ3v) is 17.5. The van der Waals surface area contributed by atoms with Crippen molar-refractivity contribution in [2.75, 3.05) is 13.1 Å². The molecule has 280 valence electrons. The second-order valence-corrected chi connectivity index (χ2v) is 19.5. The third-order valence-electron chi connectivity index (χ3n) is 16.3. The zero-order valence-electron chi connectivity index (χ0n) is 31.6. The molecular weight excluding hydrogens is 687 g/mol. The molecular formula is C48H53NO4S. The minimum atomic E-state index is -1.23. The Labute approximate surface area is 323 Å². The number of carbonyl (C=O) groups excluding carboxylic acids is 1. The molecule has 54 heavy (non-hydrogen) atoms. The van der Waals surface area contributed by atoms with E-state index in [0.717, 1.165) is 83.2 Å². The van der Waals surface area contributed by atoms with Crippen LogP contribution in [0.15, 0.2) is 115 Å². The van der Waals surface area contributed by atoms with Crippen LogP contribution in [0, 0.1) is 33.5 Å². The molecule has 4 aromatic rings. The number of Topliss-reactive ketones (excluding diaryl/α,β-unsaturated/α-hetero) is 1. The van der Waals surface area contributed by atoms with E-state index in [2.05, 4.69) is 55.2 Å². The molecule has 2 bridgehead atoms. The van der Waals surface area contributed by atoms with E-state index < -0.39 is 22.0 Å². The summed E-state index contributed by atoms with van der Waals surface area (Å²) in [6, 6.07) is 30.3. The van der Waals surface area contributed by atoms with Crippen LogP contribution in [0.25, 0.3) is 10.1 Å². The molecule has 1 aliphatic heterocycles. The summed E-state index contributed by atoms with van der Waals surface area (Å²) in [7, 11) is 0. The smallest absolute Gasteiger partial charge is 0.199 e. The molecule has 7 aliphatic rings. The average Bonchev–Trinajstić information content (AvgIpc) is 3.91. The van der Waals surface area contributed by atoms with Gasteiger partial charge >= 0.3 is 0 Å². The number of hydrogen-bond donors (Lipinski definition) is 3. The van der Waals surface area contributed by atoms with Crippen LogP contribution in [0.1, 0.15) is 92.4 Å². The number of allylic oxidation sites excluding steroid dienone is 4. The van der Waals surface area contributed by atoms with Crippen LogP contribution in [-0.2, 0) is 5.60 Å². The fourth-order valence-electron chi connectivity index (χ4n) is 13.6. The zero-order chi connectivity index (χ0) is 37.1. The highest BCUT2D eigenvalue weighted by atomic mass is 32.1. The number of aliphatic hydroxyl groups excluding tert-OH is 1. The first-order valence-electron chi connectivity index (χ1n) is 20.4. The zero-order valence-corrected chi connectivity index (χ0v) is 32.4. The Morgan fingerprint density at radius 2 is 1.48 bits per heavy atom. The minimum absolute atomic E-state index is 0.0745. The van der Waals surface area contributed by atoms with Gasteiger partial charge in [-0.2, -0.15) is 0 Å². The molecule has 1 saturated heterocycles. The molecule has 0 amide bonds. The standard InChI is InChI=1S/C48H53NO4S/c1-43-22-19-35(50)29-45(43)25-26-47(36(30-45)42(51)38-28-32-12-9-10-17-37(32)54-38)39(43)20-23-44(2)40(47)21-24-46(44,52)31-49-27-11-18-41(49)48(53,33-13-5-3-6-14-33)34-15-7-4-8-16-34/h3-10,12-17,25-26,28,30,35,39-41,50,52-53H,11,18-24,27,29,31H2,1-2H3. The van der Waals surface area contributed by atoms with Crippen molar-refractivity contribution in [1.29, 1.82) is 0 Å². The molecule has 3 saturated carbocycles. The number of rotatable bonds is 7. The number of ketones is 1. The van der Waals surface area contributed by atoms with Gasteiger partial charge in [0.2, 0.25) is 0 Å². The van der Waals surface area contributed by atoms with Gasteiger partial charge in [0.1, 0.15) is 5.60 Å². The summed E-state index contributed by atoms with van der Waals surface area (Å²) in [5.41, 5.74) is -0.919. The summed E-state index contributed by atoms with van der Waals surface area (Å²) < 4.78 is 1.12. The van der Waals surface area contributed by atoms with Crippen molar-refractivity contribution in [1.82, 2.24) is 4.90 Å². The van der Waals surface area contributed by atoms with Crippen LogP contribution in [0.5, 0.6) is 0 Å². The molecule has 6 heteroatoms. The summed E-state index contributed by atoms with van der Waals surface area (Å²) in [5, 5.41) is 38.5. The maximum Gasteiger partial charge on any atom is 0.199 e. The molecule has 9 atom stereocenters. The first kappa shape index (κ1) is 35.1. The third kappa shape index (κ3) is 4.55. The Hall–Kier alpha value is -3.39. The van der Waals surface area contributed by atoms with E-state index in [4.69, 9.17) is 0 Å². The number of fused-ring (bicyclic) bond motifs is 2. The number of nitrogens with zero attached hydrogens (tertiary/aromatic N) is 1. The van der Waals surface area contributed by atoms with Gasteiger partial charge in [-0.15, -0.1) is 11.3 Å². The van der Waals surface area contributed by atoms with E-state index in [1.54, 1.807) is 11.3 Å². The number of thiophene rings is 1. The lowest BCUT2D eigenvalue weighted by Gasteiger charge is -2.71. The number of carbonyl (C=O) groups is 1. The average molecular weight is 740 g/mol. The van der Waals surface area contributed by atoms with Crippen LogP contribution in [0.4, 0.5) is 0 Å². The van der Waals surface area contributed by atoms with Gasteiger partial charge in [-0.1, -0.05) is 111 Å². The predicted octanol–water partition coefficient (Wildman–Crippen LogP) is 9.08. The van der Waals surface area contributed by atoms with Crippen molar-refractivity contribution in [2.24, 2.45) is 33.5 Å². The van der Waals surface area contributed by atoms with Gasteiger partial charge in [0.05, 0.1) is 16.6 Å². The molecule has 3 N–H and O–H groups in total. The maximum absolute atomic E-state index is 15.2. The molecule has 2 spiro atoms. The van der Waals surface area contributed by atoms with Crippen LogP contribution < -0.4 is 0 Å². The summed E-state index contributed by atoms with van der Waals surface area (Å²) in [4.78, 5) is 18.4. The van der Waals surface area contributed by atoms with Gasteiger partial charge in [-0.05, 0) is 110 Å². The number of β-amino-alcohol motifs (C(OH)–C–C–N with tert-alkyl or cyclic N) is 1. The van der Waals surface area contributed by atoms with Gasteiger partial charge in [-0.3, -0.25) is 9.69 Å². The first-order chi connectivity index (χ1) is 26.0. The lowest BCUT2D eigenvalue weighted by atomic mass is 9.32. The van der Waals surface area contributed by atoms with E-state index in [0.29, 0.717) is 19.4 Å². The van der Waals surface area contributed by atoms with E-state index in [1.165, 1.54) is 0 Å². The highest BCUT2D eigenvalue weighted by Crippen LogP contribution is 2.78. The van der Waals surface area contributed by atoms with Gasteiger partial charge < -0.3 is 15.3 Å². The largest absolute Gasteiger partial charge is 0.393 e. The number of benzene rings is 3. The van der Waals surface area contributed by atoms with Gasteiger partial charge in [0, 0.05) is 39.1 Å². The summed E-state index contributed by atoms with van der Waals surface area (Å²) in [5.74, 6) is 0.462. The van der Waals surface area contributed by atoms with Crippen molar-refractivity contribution >= 4 is 27.2 Å². The van der Waals surface area contributed by atoms with Crippen molar-refractivity contribution in [3.8, 4) is 0 Å². The fraction of sp³-hybridized carbons (Fsp3) is 0.479. The van der Waals surface area contributed by atoms with Crippen molar-refractivity contribution in [2.45, 2.75) is 95.0 Å². The number of likely N-dealkylation sites (tertiary alicyclic amines) is 1.